The lowest BCUT2D eigenvalue weighted by Gasteiger charge is -2.35. The van der Waals surface area contributed by atoms with Gasteiger partial charge in [0.1, 0.15) is 17.7 Å². The van der Waals surface area contributed by atoms with Crippen LogP contribution in [0.15, 0.2) is 54.6 Å². The van der Waals surface area contributed by atoms with Crippen LogP contribution < -0.4 is 16.4 Å². The summed E-state index contributed by atoms with van der Waals surface area (Å²) >= 11 is 0. The number of benzene rings is 2. The molecule has 2 aromatic rings. The van der Waals surface area contributed by atoms with Gasteiger partial charge in [0.25, 0.3) is 0 Å². The Bertz CT molecular complexity index is 1140. The molecule has 4 amide bonds. The average molecular weight is 523 g/mol. The highest BCUT2D eigenvalue weighted by molar-refractivity contribution is 5.93. The van der Waals surface area contributed by atoms with Gasteiger partial charge in [-0.25, -0.2) is 4.79 Å². The summed E-state index contributed by atoms with van der Waals surface area (Å²) in [6.07, 6.45) is 0.559. The normalized spacial score (nSPS) is 14.6. The van der Waals surface area contributed by atoms with E-state index in [1.807, 2.05) is 61.5 Å². The van der Waals surface area contributed by atoms with Crippen molar-refractivity contribution in [1.29, 1.82) is 0 Å². The molecule has 3 rings (SSSR count). The summed E-state index contributed by atoms with van der Waals surface area (Å²) in [6, 6.07) is 14.8. The number of amides is 4. The number of nitrogens with one attached hydrogen (secondary N) is 2. The second-order valence-corrected chi connectivity index (χ2v) is 10.7. The van der Waals surface area contributed by atoms with Gasteiger partial charge < -0.3 is 26.0 Å². The molecule has 1 fully saturated rings. The third kappa shape index (κ3) is 8.61. The van der Waals surface area contributed by atoms with Crippen LogP contribution in [0.25, 0.3) is 0 Å². The maximum atomic E-state index is 14.0. The average Bonchev–Trinajstić information content (AvgIpc) is 3.67. The Morgan fingerprint density at radius 2 is 1.74 bits per heavy atom. The third-order valence-corrected chi connectivity index (χ3v) is 6.06. The number of nitrogens with two attached hydrogens (primary N) is 1. The zero-order valence-electron chi connectivity index (χ0n) is 22.5. The van der Waals surface area contributed by atoms with Crippen molar-refractivity contribution in [2.24, 2.45) is 5.73 Å². The van der Waals surface area contributed by atoms with Crippen molar-refractivity contribution in [3.05, 3.63) is 71.3 Å². The van der Waals surface area contributed by atoms with Crippen molar-refractivity contribution in [3.8, 4) is 0 Å². The first-order valence-corrected chi connectivity index (χ1v) is 12.9. The lowest BCUT2D eigenvalue weighted by Crippen LogP contribution is -2.54. The molecule has 0 saturated heterocycles. The van der Waals surface area contributed by atoms with Crippen LogP contribution in [0.2, 0.25) is 0 Å². The van der Waals surface area contributed by atoms with Crippen LogP contribution in [0, 0.1) is 6.92 Å². The van der Waals surface area contributed by atoms with E-state index in [-0.39, 0.29) is 24.8 Å². The van der Waals surface area contributed by atoms with Gasteiger partial charge in [0, 0.05) is 19.0 Å². The van der Waals surface area contributed by atoms with Crippen molar-refractivity contribution in [2.75, 3.05) is 0 Å². The zero-order valence-corrected chi connectivity index (χ0v) is 22.5. The first-order valence-electron chi connectivity index (χ1n) is 12.9. The van der Waals surface area contributed by atoms with E-state index in [0.717, 1.165) is 24.0 Å². The molecule has 0 aliphatic heterocycles. The minimum atomic E-state index is -1.09. The van der Waals surface area contributed by atoms with E-state index in [0.29, 0.717) is 12.1 Å². The lowest BCUT2D eigenvalue weighted by atomic mass is 9.99. The number of ether oxygens (including phenoxy) is 1. The minimum Gasteiger partial charge on any atom is -0.444 e. The van der Waals surface area contributed by atoms with Crippen LogP contribution >= 0.6 is 0 Å². The summed E-state index contributed by atoms with van der Waals surface area (Å²) in [6.45, 7) is 7.37. The number of hydrogen-bond donors (Lipinski definition) is 3. The van der Waals surface area contributed by atoms with E-state index in [2.05, 4.69) is 10.6 Å². The molecule has 1 aliphatic carbocycles. The molecule has 2 atom stereocenters. The van der Waals surface area contributed by atoms with Crippen molar-refractivity contribution in [2.45, 2.75) is 83.6 Å². The first kappa shape index (κ1) is 28.7. The van der Waals surface area contributed by atoms with Crippen molar-refractivity contribution in [1.82, 2.24) is 15.5 Å². The van der Waals surface area contributed by atoms with Crippen LogP contribution in [0.1, 0.15) is 69.2 Å². The molecular formula is C29H38N4O5. The SMILES string of the molecule is Cc1cccc(C(C(=O)NCc2ccccc2)N(C(=O)C(CCC(N)=O)NC(=O)OC(C)(C)C)C2CC2)c1. The molecule has 0 aromatic heterocycles. The van der Waals surface area contributed by atoms with Crippen molar-refractivity contribution in [3.63, 3.8) is 0 Å². The lowest BCUT2D eigenvalue weighted by molar-refractivity contribution is -0.143. The molecule has 1 aliphatic rings. The molecule has 9 heteroatoms. The second-order valence-electron chi connectivity index (χ2n) is 10.7. The topological polar surface area (TPSA) is 131 Å². The molecule has 38 heavy (non-hydrogen) atoms. The molecule has 4 N–H and O–H groups in total. The van der Waals surface area contributed by atoms with E-state index >= 15 is 0 Å². The Labute approximate surface area is 224 Å². The number of primary amides is 1. The number of rotatable bonds is 11. The number of carbonyl (C=O) groups is 4. The Morgan fingerprint density at radius 3 is 2.32 bits per heavy atom. The highest BCUT2D eigenvalue weighted by Crippen LogP contribution is 2.36. The van der Waals surface area contributed by atoms with E-state index in [4.69, 9.17) is 10.5 Å². The summed E-state index contributed by atoms with van der Waals surface area (Å²) in [5, 5.41) is 5.59. The maximum absolute atomic E-state index is 14.0. The minimum absolute atomic E-state index is 0.0111. The molecule has 0 radical (unpaired) electrons. The van der Waals surface area contributed by atoms with Crippen molar-refractivity contribution < 1.29 is 23.9 Å². The van der Waals surface area contributed by atoms with Crippen molar-refractivity contribution >= 4 is 23.8 Å². The molecule has 0 spiro atoms. The van der Waals surface area contributed by atoms with Crippen LogP contribution in [0.5, 0.6) is 0 Å². The molecule has 0 heterocycles. The summed E-state index contributed by atoms with van der Waals surface area (Å²) in [5.74, 6) is -1.38. The molecule has 9 nitrogen and oxygen atoms in total. The summed E-state index contributed by atoms with van der Waals surface area (Å²) in [5.41, 5.74) is 7.13. The number of carbonyl (C=O) groups excluding carboxylic acids is 4. The van der Waals surface area contributed by atoms with Gasteiger partial charge >= 0.3 is 6.09 Å². The highest BCUT2D eigenvalue weighted by atomic mass is 16.6. The van der Waals surface area contributed by atoms with Gasteiger partial charge in [-0.05, 0) is 58.1 Å². The van der Waals surface area contributed by atoms with Gasteiger partial charge in [-0.1, -0.05) is 60.2 Å². The number of alkyl carbamates (subject to hydrolysis) is 1. The quantitative estimate of drug-likeness (QED) is 0.416. The fourth-order valence-corrected chi connectivity index (χ4v) is 4.20. The Balaban J connectivity index is 1.93. The molecule has 2 aromatic carbocycles. The predicted molar refractivity (Wildman–Crippen MR) is 144 cm³/mol. The zero-order chi connectivity index (χ0) is 27.9. The Morgan fingerprint density at radius 1 is 1.05 bits per heavy atom. The van der Waals surface area contributed by atoms with Crippen LogP contribution in [0.4, 0.5) is 4.79 Å². The number of nitrogens with zero attached hydrogens (tertiary/aromatic N) is 1. The number of hydrogen-bond acceptors (Lipinski definition) is 5. The summed E-state index contributed by atoms with van der Waals surface area (Å²) in [7, 11) is 0. The molecule has 204 valence electrons. The molecule has 2 unspecified atom stereocenters. The Kier molecular flexibility index (Phi) is 9.50. The fourth-order valence-electron chi connectivity index (χ4n) is 4.20. The monoisotopic (exact) mass is 522 g/mol. The molecule has 0 bridgehead atoms. The predicted octanol–water partition coefficient (Wildman–Crippen LogP) is 3.50. The highest BCUT2D eigenvalue weighted by Gasteiger charge is 2.44. The molecular weight excluding hydrogens is 484 g/mol. The van der Waals surface area contributed by atoms with Gasteiger partial charge in [0.15, 0.2) is 0 Å². The van der Waals surface area contributed by atoms with E-state index in [9.17, 15) is 19.2 Å². The summed E-state index contributed by atoms with van der Waals surface area (Å²) < 4.78 is 5.36. The van der Waals surface area contributed by atoms with Gasteiger partial charge in [-0.3, -0.25) is 14.4 Å². The number of aryl methyl sites for hydroxylation is 1. The summed E-state index contributed by atoms with van der Waals surface area (Å²) in [4.78, 5) is 53.5. The van der Waals surface area contributed by atoms with E-state index in [1.165, 1.54) is 0 Å². The largest absolute Gasteiger partial charge is 0.444 e. The van der Waals surface area contributed by atoms with Gasteiger partial charge in [-0.15, -0.1) is 0 Å². The second kappa shape index (κ2) is 12.6. The van der Waals surface area contributed by atoms with Crippen LogP contribution in [-0.2, 0) is 25.7 Å². The van der Waals surface area contributed by atoms with Gasteiger partial charge in [0.05, 0.1) is 0 Å². The van der Waals surface area contributed by atoms with Crippen LogP contribution in [-0.4, -0.2) is 46.4 Å². The van der Waals surface area contributed by atoms with Gasteiger partial charge in [0.2, 0.25) is 17.7 Å². The third-order valence-electron chi connectivity index (χ3n) is 6.06. The fraction of sp³-hybridized carbons (Fsp3) is 0.448. The standard InChI is InChI=1S/C29H38N4O5/c1-19-9-8-12-21(17-19)25(26(35)31-18-20-10-6-5-7-11-20)33(22-13-14-22)27(36)23(15-16-24(30)34)32-28(37)38-29(2,3)4/h5-12,17,22-23,25H,13-16,18H2,1-4H3,(H2,30,34)(H,31,35)(H,32,37). The van der Waals surface area contributed by atoms with E-state index < -0.39 is 35.6 Å². The van der Waals surface area contributed by atoms with E-state index in [1.54, 1.807) is 25.7 Å². The van der Waals surface area contributed by atoms with Crippen LogP contribution in [0.3, 0.4) is 0 Å². The maximum Gasteiger partial charge on any atom is 0.408 e. The smallest absolute Gasteiger partial charge is 0.408 e. The Hall–Kier alpha value is -3.88. The molecule has 1 saturated carbocycles. The first-order chi connectivity index (χ1) is 17.9. The van der Waals surface area contributed by atoms with Gasteiger partial charge in [-0.2, -0.15) is 0 Å².